The van der Waals surface area contributed by atoms with E-state index in [1.54, 1.807) is 24.3 Å². The van der Waals surface area contributed by atoms with Crippen molar-refractivity contribution in [1.29, 1.82) is 0 Å². The summed E-state index contributed by atoms with van der Waals surface area (Å²) in [6.45, 7) is 3.35. The molecular weight excluding hydrogens is 362 g/mol. The zero-order valence-electron chi connectivity index (χ0n) is 15.5. The lowest BCUT2D eigenvalue weighted by Gasteiger charge is -2.28. The van der Waals surface area contributed by atoms with Crippen molar-refractivity contribution >= 4 is 17.2 Å². The summed E-state index contributed by atoms with van der Waals surface area (Å²) in [5.74, 6) is 1.04. The molecule has 0 radical (unpaired) electrons. The van der Waals surface area contributed by atoms with Crippen molar-refractivity contribution < 1.29 is 19.4 Å². The number of aliphatic hydroxyl groups is 1. The van der Waals surface area contributed by atoms with Gasteiger partial charge in [0.05, 0.1) is 11.7 Å². The zero-order valence-corrected chi connectivity index (χ0v) is 16.3. The molecule has 0 bridgehead atoms. The standard InChI is InChI=1S/C21H25NO4S/c1-14(23)17-7-8-18(27-17)21(9-2-3-10-21)13-22-20(24)15-5-4-6-16-19(15)26-12-11-25-16/h4-8,14,23H,2-3,9-13H2,1H3,(H,22,24). The average molecular weight is 388 g/mol. The van der Waals surface area contributed by atoms with E-state index in [2.05, 4.69) is 11.4 Å². The Morgan fingerprint density at radius 2 is 2.00 bits per heavy atom. The summed E-state index contributed by atoms with van der Waals surface area (Å²) in [6.07, 6.45) is 3.98. The van der Waals surface area contributed by atoms with Gasteiger partial charge in [-0.05, 0) is 44.0 Å². The van der Waals surface area contributed by atoms with E-state index in [0.717, 1.165) is 30.6 Å². The normalized spacial score (nSPS) is 18.9. The van der Waals surface area contributed by atoms with Gasteiger partial charge >= 0.3 is 0 Å². The van der Waals surface area contributed by atoms with E-state index in [-0.39, 0.29) is 11.3 Å². The molecule has 1 aromatic carbocycles. The van der Waals surface area contributed by atoms with E-state index >= 15 is 0 Å². The number of fused-ring (bicyclic) bond motifs is 1. The number of hydrogen-bond donors (Lipinski definition) is 2. The first-order valence-electron chi connectivity index (χ1n) is 9.54. The molecule has 0 saturated heterocycles. The summed E-state index contributed by atoms with van der Waals surface area (Å²) in [5.41, 5.74) is 0.482. The van der Waals surface area contributed by atoms with Crippen LogP contribution in [0.2, 0.25) is 0 Å². The van der Waals surface area contributed by atoms with Gasteiger partial charge in [0.1, 0.15) is 13.2 Å². The number of carbonyl (C=O) groups excluding carboxylic acids is 1. The lowest BCUT2D eigenvalue weighted by molar-refractivity contribution is 0.0932. The van der Waals surface area contributed by atoms with Gasteiger partial charge in [-0.15, -0.1) is 11.3 Å². The molecule has 6 heteroatoms. The van der Waals surface area contributed by atoms with Crippen molar-refractivity contribution in [2.24, 2.45) is 0 Å². The number of benzene rings is 1. The molecule has 2 heterocycles. The Morgan fingerprint density at radius 1 is 1.22 bits per heavy atom. The molecule has 1 amide bonds. The van der Waals surface area contributed by atoms with Crippen LogP contribution in [-0.4, -0.2) is 30.8 Å². The molecule has 1 aliphatic carbocycles. The fraction of sp³-hybridized carbons (Fsp3) is 0.476. The number of hydrogen-bond acceptors (Lipinski definition) is 5. The van der Waals surface area contributed by atoms with Gasteiger partial charge in [-0.1, -0.05) is 18.9 Å². The minimum Gasteiger partial charge on any atom is -0.486 e. The van der Waals surface area contributed by atoms with Gasteiger partial charge in [0.2, 0.25) is 0 Å². The molecule has 0 spiro atoms. The molecule has 144 valence electrons. The van der Waals surface area contributed by atoms with Crippen LogP contribution in [0.1, 0.15) is 58.8 Å². The number of rotatable bonds is 5. The number of aliphatic hydroxyl groups excluding tert-OH is 1. The predicted molar refractivity (Wildman–Crippen MR) is 105 cm³/mol. The van der Waals surface area contributed by atoms with Gasteiger partial charge < -0.3 is 19.9 Å². The van der Waals surface area contributed by atoms with E-state index < -0.39 is 6.10 Å². The number of nitrogens with one attached hydrogen (secondary N) is 1. The van der Waals surface area contributed by atoms with Crippen molar-refractivity contribution in [3.05, 3.63) is 45.6 Å². The first-order chi connectivity index (χ1) is 13.1. The summed E-state index contributed by atoms with van der Waals surface area (Å²) < 4.78 is 11.3. The van der Waals surface area contributed by atoms with Crippen LogP contribution in [0.25, 0.3) is 0 Å². The van der Waals surface area contributed by atoms with Gasteiger partial charge in [-0.3, -0.25) is 4.79 Å². The largest absolute Gasteiger partial charge is 0.486 e. The van der Waals surface area contributed by atoms with Crippen LogP contribution in [0.3, 0.4) is 0 Å². The lowest BCUT2D eigenvalue weighted by atomic mass is 9.84. The highest BCUT2D eigenvalue weighted by Crippen LogP contribution is 2.44. The minimum absolute atomic E-state index is 0.0420. The summed E-state index contributed by atoms with van der Waals surface area (Å²) in [4.78, 5) is 15.1. The van der Waals surface area contributed by atoms with Gasteiger partial charge in [-0.2, -0.15) is 0 Å². The third kappa shape index (κ3) is 3.56. The molecule has 2 N–H and O–H groups in total. The number of para-hydroxylation sites is 1. The molecule has 1 aliphatic heterocycles. The Balaban J connectivity index is 1.53. The number of ether oxygens (including phenoxy) is 2. The highest BCUT2D eigenvalue weighted by Gasteiger charge is 2.37. The molecular formula is C21H25NO4S. The Hall–Kier alpha value is -2.05. The molecule has 27 heavy (non-hydrogen) atoms. The van der Waals surface area contributed by atoms with Crippen LogP contribution in [-0.2, 0) is 5.41 Å². The Labute approximate surface area is 163 Å². The molecule has 2 aliphatic rings. The quantitative estimate of drug-likeness (QED) is 0.819. The molecule has 1 fully saturated rings. The molecule has 5 nitrogen and oxygen atoms in total. The monoisotopic (exact) mass is 387 g/mol. The second-order valence-corrected chi connectivity index (χ2v) is 8.49. The first-order valence-corrected chi connectivity index (χ1v) is 10.4. The van der Waals surface area contributed by atoms with Crippen molar-refractivity contribution in [2.45, 2.75) is 44.1 Å². The summed E-state index contributed by atoms with van der Waals surface area (Å²) >= 11 is 1.66. The van der Waals surface area contributed by atoms with Crippen molar-refractivity contribution in [2.75, 3.05) is 19.8 Å². The van der Waals surface area contributed by atoms with Crippen LogP contribution in [0.4, 0.5) is 0 Å². The predicted octanol–water partition coefficient (Wildman–Crippen LogP) is 3.81. The zero-order chi connectivity index (χ0) is 18.9. The Morgan fingerprint density at radius 3 is 2.74 bits per heavy atom. The summed E-state index contributed by atoms with van der Waals surface area (Å²) in [5, 5.41) is 13.0. The second kappa shape index (κ2) is 7.52. The van der Waals surface area contributed by atoms with Crippen molar-refractivity contribution in [1.82, 2.24) is 5.32 Å². The molecule has 4 rings (SSSR count). The van der Waals surface area contributed by atoms with Crippen LogP contribution in [0.5, 0.6) is 11.5 Å². The minimum atomic E-state index is -0.454. The second-order valence-electron chi connectivity index (χ2n) is 7.38. The average Bonchev–Trinajstić information content (AvgIpc) is 3.36. The van der Waals surface area contributed by atoms with Crippen LogP contribution in [0, 0.1) is 0 Å². The van der Waals surface area contributed by atoms with Gasteiger partial charge in [-0.25, -0.2) is 0 Å². The van der Waals surface area contributed by atoms with Crippen LogP contribution in [0.15, 0.2) is 30.3 Å². The van der Waals surface area contributed by atoms with E-state index in [0.29, 0.717) is 36.8 Å². The Bertz CT molecular complexity index is 823. The fourth-order valence-electron chi connectivity index (χ4n) is 4.02. The molecule has 1 saturated carbocycles. The fourth-order valence-corrected chi connectivity index (χ4v) is 5.21. The third-order valence-corrected chi connectivity index (χ3v) is 7.02. The molecule has 2 aromatic rings. The van der Waals surface area contributed by atoms with E-state index in [1.807, 2.05) is 18.2 Å². The van der Waals surface area contributed by atoms with Gasteiger partial charge in [0, 0.05) is 21.7 Å². The Kier molecular flexibility index (Phi) is 5.10. The van der Waals surface area contributed by atoms with E-state index in [1.165, 1.54) is 4.88 Å². The van der Waals surface area contributed by atoms with Crippen LogP contribution >= 0.6 is 11.3 Å². The van der Waals surface area contributed by atoms with E-state index in [9.17, 15) is 9.90 Å². The molecule has 1 atom stereocenters. The SMILES string of the molecule is CC(O)c1ccc(C2(CNC(=O)c3cccc4c3OCCO4)CCCC2)s1. The highest BCUT2D eigenvalue weighted by atomic mass is 32.1. The highest BCUT2D eigenvalue weighted by molar-refractivity contribution is 7.12. The maximum absolute atomic E-state index is 12.9. The molecule has 1 aromatic heterocycles. The maximum atomic E-state index is 12.9. The maximum Gasteiger partial charge on any atom is 0.255 e. The summed E-state index contributed by atoms with van der Waals surface area (Å²) in [6, 6.07) is 9.55. The smallest absolute Gasteiger partial charge is 0.255 e. The third-order valence-electron chi connectivity index (χ3n) is 5.52. The van der Waals surface area contributed by atoms with Crippen molar-refractivity contribution in [3.63, 3.8) is 0 Å². The summed E-state index contributed by atoms with van der Waals surface area (Å²) in [7, 11) is 0. The first kappa shape index (κ1) is 18.3. The topological polar surface area (TPSA) is 67.8 Å². The number of thiophene rings is 1. The van der Waals surface area contributed by atoms with Crippen LogP contribution < -0.4 is 14.8 Å². The number of carbonyl (C=O) groups is 1. The lowest BCUT2D eigenvalue weighted by Crippen LogP contribution is -2.38. The molecule has 1 unspecified atom stereocenters. The number of amides is 1. The van der Waals surface area contributed by atoms with Crippen molar-refractivity contribution in [3.8, 4) is 11.5 Å². The van der Waals surface area contributed by atoms with Gasteiger partial charge in [0.25, 0.3) is 5.91 Å². The van der Waals surface area contributed by atoms with Gasteiger partial charge in [0.15, 0.2) is 11.5 Å². The van der Waals surface area contributed by atoms with E-state index in [4.69, 9.17) is 9.47 Å².